The predicted octanol–water partition coefficient (Wildman–Crippen LogP) is 1.08. The highest BCUT2D eigenvalue weighted by Gasteiger charge is 2.33. The van der Waals surface area contributed by atoms with Crippen molar-refractivity contribution < 1.29 is 14.7 Å². The fraction of sp³-hybridized carbons (Fsp3) is 0.895. The maximum Gasteiger partial charge on any atom is 0.239 e. The number of amides is 2. The molecule has 0 spiro atoms. The number of aliphatic hydroxyl groups is 1. The quantitative estimate of drug-likeness (QED) is 0.809. The van der Waals surface area contributed by atoms with Gasteiger partial charge in [-0.25, -0.2) is 0 Å². The second-order valence-corrected chi connectivity index (χ2v) is 8.00. The van der Waals surface area contributed by atoms with Crippen molar-refractivity contribution in [3.8, 4) is 0 Å². The molecular weight excluding hydrogens is 318 g/mol. The zero-order chi connectivity index (χ0) is 17.8. The number of carbonyl (C=O) groups is 2. The summed E-state index contributed by atoms with van der Waals surface area (Å²) in [5.41, 5.74) is 0. The number of hydrogen-bond acceptors (Lipinski definition) is 4. The number of likely N-dealkylation sites (N-methyl/N-ethyl adjacent to an activating group) is 1. The van der Waals surface area contributed by atoms with Gasteiger partial charge in [0.15, 0.2) is 0 Å². The van der Waals surface area contributed by atoms with Crippen LogP contribution < -0.4 is 0 Å². The lowest BCUT2D eigenvalue weighted by molar-refractivity contribution is -0.139. The minimum Gasteiger partial charge on any atom is -0.393 e. The van der Waals surface area contributed by atoms with Crippen LogP contribution in [0, 0.1) is 5.92 Å². The molecule has 2 aliphatic heterocycles. The van der Waals surface area contributed by atoms with Gasteiger partial charge >= 0.3 is 0 Å². The van der Waals surface area contributed by atoms with Crippen molar-refractivity contribution in [3.63, 3.8) is 0 Å². The Kier molecular flexibility index (Phi) is 6.34. The van der Waals surface area contributed by atoms with E-state index in [1.165, 1.54) is 6.42 Å². The van der Waals surface area contributed by atoms with Gasteiger partial charge in [0.25, 0.3) is 0 Å². The molecule has 2 heterocycles. The summed E-state index contributed by atoms with van der Waals surface area (Å²) in [7, 11) is 2.05. The van der Waals surface area contributed by atoms with E-state index >= 15 is 0 Å². The van der Waals surface area contributed by atoms with Gasteiger partial charge in [-0.1, -0.05) is 6.42 Å². The Balaban J connectivity index is 1.53. The van der Waals surface area contributed by atoms with Crippen LogP contribution in [-0.2, 0) is 9.59 Å². The van der Waals surface area contributed by atoms with Gasteiger partial charge < -0.3 is 14.9 Å². The number of piperidine rings is 1. The van der Waals surface area contributed by atoms with Crippen LogP contribution in [0.1, 0.15) is 51.4 Å². The number of likely N-dealkylation sites (tertiary alicyclic amines) is 1. The average molecular weight is 351 g/mol. The zero-order valence-corrected chi connectivity index (χ0v) is 15.5. The normalized spacial score (nSPS) is 32.3. The highest BCUT2D eigenvalue weighted by atomic mass is 16.3. The molecule has 0 aromatic heterocycles. The second kappa shape index (κ2) is 8.49. The van der Waals surface area contributed by atoms with E-state index in [1.807, 2.05) is 16.8 Å². The van der Waals surface area contributed by atoms with Gasteiger partial charge in [-0.15, -0.1) is 0 Å². The van der Waals surface area contributed by atoms with E-state index in [2.05, 4.69) is 4.90 Å². The van der Waals surface area contributed by atoms with E-state index in [1.54, 1.807) is 0 Å². The summed E-state index contributed by atoms with van der Waals surface area (Å²) in [6.07, 6.45) is 6.98. The molecule has 25 heavy (non-hydrogen) atoms. The van der Waals surface area contributed by atoms with Crippen molar-refractivity contribution in [2.24, 2.45) is 5.92 Å². The van der Waals surface area contributed by atoms with E-state index < -0.39 is 0 Å². The van der Waals surface area contributed by atoms with E-state index in [-0.39, 0.29) is 29.9 Å². The molecule has 0 aromatic carbocycles. The predicted molar refractivity (Wildman–Crippen MR) is 96.0 cm³/mol. The van der Waals surface area contributed by atoms with Crippen LogP contribution in [0.3, 0.4) is 0 Å². The van der Waals surface area contributed by atoms with Crippen LogP contribution in [0.2, 0.25) is 0 Å². The topological polar surface area (TPSA) is 64.1 Å². The Morgan fingerprint density at radius 3 is 2.04 bits per heavy atom. The van der Waals surface area contributed by atoms with Gasteiger partial charge in [0, 0.05) is 32.1 Å². The minimum absolute atomic E-state index is 0.0239. The van der Waals surface area contributed by atoms with Gasteiger partial charge in [0.1, 0.15) is 0 Å². The largest absolute Gasteiger partial charge is 0.393 e. The Hall–Kier alpha value is -1.14. The van der Waals surface area contributed by atoms with Crippen LogP contribution >= 0.6 is 0 Å². The molecule has 2 amide bonds. The average Bonchev–Trinajstić information content (AvgIpc) is 2.88. The summed E-state index contributed by atoms with van der Waals surface area (Å²) in [4.78, 5) is 31.8. The molecular formula is C19H33N3O3. The standard InChI is InChI=1S/C19H33N3O3/c1-20-10-3-2-5-17(20)19(25)22-12-4-11-21(13-14-22)18(24)15-6-8-16(23)9-7-15/h15-17,23H,2-14H2,1H3. The molecule has 1 N–H and O–H groups in total. The van der Waals surface area contributed by atoms with Crippen molar-refractivity contribution in [1.82, 2.24) is 14.7 Å². The van der Waals surface area contributed by atoms with Gasteiger partial charge in [-0.2, -0.15) is 0 Å². The SMILES string of the molecule is CN1CCCCC1C(=O)N1CCCN(C(=O)C2CCC(O)CC2)CC1. The maximum absolute atomic E-state index is 12.9. The van der Waals surface area contributed by atoms with E-state index in [0.29, 0.717) is 13.1 Å². The molecule has 142 valence electrons. The van der Waals surface area contributed by atoms with Crippen molar-refractivity contribution >= 4 is 11.8 Å². The summed E-state index contributed by atoms with van der Waals surface area (Å²) >= 11 is 0. The third-order valence-corrected chi connectivity index (χ3v) is 6.22. The molecule has 1 aliphatic carbocycles. The van der Waals surface area contributed by atoms with Crippen molar-refractivity contribution in [2.75, 3.05) is 39.8 Å². The molecule has 3 fully saturated rings. The van der Waals surface area contributed by atoms with E-state index in [4.69, 9.17) is 0 Å². The first-order valence-electron chi connectivity index (χ1n) is 10.0. The molecule has 6 heteroatoms. The van der Waals surface area contributed by atoms with Crippen molar-refractivity contribution in [2.45, 2.75) is 63.5 Å². The summed E-state index contributed by atoms with van der Waals surface area (Å²) < 4.78 is 0. The Morgan fingerprint density at radius 2 is 1.40 bits per heavy atom. The molecule has 0 bridgehead atoms. The van der Waals surface area contributed by atoms with Gasteiger partial charge in [0.05, 0.1) is 12.1 Å². The Morgan fingerprint density at radius 1 is 0.760 bits per heavy atom. The molecule has 2 saturated heterocycles. The van der Waals surface area contributed by atoms with Crippen LogP contribution in [-0.4, -0.2) is 83.5 Å². The monoisotopic (exact) mass is 351 g/mol. The smallest absolute Gasteiger partial charge is 0.239 e. The summed E-state index contributed by atoms with van der Waals surface area (Å²) in [5, 5.41) is 9.63. The number of carbonyl (C=O) groups excluding carboxylic acids is 2. The first-order valence-corrected chi connectivity index (χ1v) is 10.0. The molecule has 0 radical (unpaired) electrons. The number of nitrogens with zero attached hydrogens (tertiary/aromatic N) is 3. The van der Waals surface area contributed by atoms with E-state index in [9.17, 15) is 14.7 Å². The van der Waals surface area contributed by atoms with Crippen molar-refractivity contribution in [1.29, 1.82) is 0 Å². The van der Waals surface area contributed by atoms with Crippen molar-refractivity contribution in [3.05, 3.63) is 0 Å². The fourth-order valence-electron chi connectivity index (χ4n) is 4.54. The molecule has 0 aromatic rings. The number of aliphatic hydroxyl groups excluding tert-OH is 1. The molecule has 6 nitrogen and oxygen atoms in total. The third-order valence-electron chi connectivity index (χ3n) is 6.22. The lowest BCUT2D eigenvalue weighted by Gasteiger charge is -2.35. The Labute approximate surface area is 151 Å². The van der Waals surface area contributed by atoms with Gasteiger partial charge in [-0.05, 0) is 58.5 Å². The summed E-state index contributed by atoms with van der Waals surface area (Å²) in [6, 6.07) is 0.0239. The van der Waals surface area contributed by atoms with Crippen LogP contribution in [0.15, 0.2) is 0 Å². The minimum atomic E-state index is -0.228. The van der Waals surface area contributed by atoms with Gasteiger partial charge in [0.2, 0.25) is 11.8 Å². The van der Waals surface area contributed by atoms with Crippen LogP contribution in [0.25, 0.3) is 0 Å². The lowest BCUT2D eigenvalue weighted by Crippen LogP contribution is -2.50. The molecule has 3 aliphatic rings. The maximum atomic E-state index is 12.9. The molecule has 1 saturated carbocycles. The molecule has 1 atom stereocenters. The highest BCUT2D eigenvalue weighted by Crippen LogP contribution is 2.26. The zero-order valence-electron chi connectivity index (χ0n) is 15.5. The summed E-state index contributed by atoms with van der Waals surface area (Å²) in [5.74, 6) is 0.545. The lowest BCUT2D eigenvalue weighted by atomic mass is 9.86. The fourth-order valence-corrected chi connectivity index (χ4v) is 4.54. The number of rotatable bonds is 2. The number of hydrogen-bond donors (Lipinski definition) is 1. The highest BCUT2D eigenvalue weighted by molar-refractivity contribution is 5.82. The Bertz CT molecular complexity index is 477. The first-order chi connectivity index (χ1) is 12.1. The van der Waals surface area contributed by atoms with Gasteiger partial charge in [-0.3, -0.25) is 14.5 Å². The first kappa shape index (κ1) is 18.6. The van der Waals surface area contributed by atoms with E-state index in [0.717, 1.165) is 64.6 Å². The molecule has 3 rings (SSSR count). The molecule has 1 unspecified atom stereocenters. The second-order valence-electron chi connectivity index (χ2n) is 8.00. The third kappa shape index (κ3) is 4.53. The van der Waals surface area contributed by atoms with Crippen LogP contribution in [0.5, 0.6) is 0 Å². The summed E-state index contributed by atoms with van der Waals surface area (Å²) in [6.45, 7) is 3.82. The van der Waals surface area contributed by atoms with Crippen LogP contribution in [0.4, 0.5) is 0 Å².